The van der Waals surface area contributed by atoms with Crippen LogP contribution in [-0.4, -0.2) is 11.7 Å². The first-order chi connectivity index (χ1) is 11.6. The molecule has 10 heteroatoms. The molecule has 0 atom stereocenters. The molecule has 2 rings (SSSR count). The highest BCUT2D eigenvalue weighted by molar-refractivity contribution is 6.28. The molecule has 0 saturated carbocycles. The van der Waals surface area contributed by atoms with E-state index >= 15 is 0 Å². The summed E-state index contributed by atoms with van der Waals surface area (Å²) in [5.41, 5.74) is 3.66. The molecule has 0 fully saturated rings. The molecular formula is C15H9ClF6N2O. The minimum absolute atomic E-state index is 0.0814. The fourth-order valence-electron chi connectivity index (χ4n) is 1.78. The number of benzene rings is 2. The monoisotopic (exact) mass is 382 g/mol. The number of aliphatic imine (C=N–C) groups is 1. The van der Waals surface area contributed by atoms with E-state index in [1.54, 1.807) is 0 Å². The summed E-state index contributed by atoms with van der Waals surface area (Å²) in [6, 6.07) is 2.92. The van der Waals surface area contributed by atoms with Crippen molar-refractivity contribution in [3.63, 3.8) is 0 Å². The SMILES string of the molecule is NC(CCl)=Nc1cc(F)ccc1Oc1c(F)cc(C(F)(F)F)cc1F. The van der Waals surface area contributed by atoms with Crippen molar-refractivity contribution >= 4 is 23.1 Å². The summed E-state index contributed by atoms with van der Waals surface area (Å²) in [4.78, 5) is 3.72. The first kappa shape index (κ1) is 18.9. The van der Waals surface area contributed by atoms with Crippen molar-refractivity contribution < 1.29 is 31.1 Å². The zero-order chi connectivity index (χ0) is 18.8. The van der Waals surface area contributed by atoms with E-state index in [0.717, 1.165) is 18.2 Å². The van der Waals surface area contributed by atoms with Crippen LogP contribution < -0.4 is 10.5 Å². The van der Waals surface area contributed by atoms with E-state index in [1.165, 1.54) is 0 Å². The van der Waals surface area contributed by atoms with Gasteiger partial charge in [-0.05, 0) is 24.3 Å². The lowest BCUT2D eigenvalue weighted by molar-refractivity contribution is -0.138. The zero-order valence-corrected chi connectivity index (χ0v) is 12.9. The Morgan fingerprint density at radius 1 is 1.08 bits per heavy atom. The van der Waals surface area contributed by atoms with Gasteiger partial charge in [-0.25, -0.2) is 18.2 Å². The summed E-state index contributed by atoms with van der Waals surface area (Å²) >= 11 is 5.45. The van der Waals surface area contributed by atoms with Gasteiger partial charge in [-0.1, -0.05) is 0 Å². The smallest absolute Gasteiger partial charge is 0.416 e. The van der Waals surface area contributed by atoms with Gasteiger partial charge in [0.25, 0.3) is 0 Å². The van der Waals surface area contributed by atoms with E-state index in [-0.39, 0.29) is 35.3 Å². The minimum Gasteiger partial charge on any atom is -0.449 e. The zero-order valence-electron chi connectivity index (χ0n) is 12.2. The molecular weight excluding hydrogens is 374 g/mol. The van der Waals surface area contributed by atoms with E-state index < -0.39 is 34.9 Å². The van der Waals surface area contributed by atoms with Crippen LogP contribution in [0.15, 0.2) is 35.3 Å². The van der Waals surface area contributed by atoms with Crippen molar-refractivity contribution in [2.45, 2.75) is 6.18 Å². The van der Waals surface area contributed by atoms with Crippen molar-refractivity contribution in [2.75, 3.05) is 5.88 Å². The molecule has 3 nitrogen and oxygen atoms in total. The second-order valence-electron chi connectivity index (χ2n) is 4.72. The fourth-order valence-corrected chi connectivity index (χ4v) is 1.84. The third-order valence-electron chi connectivity index (χ3n) is 2.86. The van der Waals surface area contributed by atoms with Crippen LogP contribution >= 0.6 is 11.6 Å². The summed E-state index contributed by atoms with van der Waals surface area (Å²) < 4.78 is 83.6. The second kappa shape index (κ2) is 7.22. The first-order valence-electron chi connectivity index (χ1n) is 6.54. The van der Waals surface area contributed by atoms with E-state index in [2.05, 4.69) is 4.99 Å². The summed E-state index contributed by atoms with van der Waals surface area (Å²) in [7, 11) is 0. The summed E-state index contributed by atoms with van der Waals surface area (Å²) in [5.74, 6) is -5.69. The molecule has 0 radical (unpaired) electrons. The number of alkyl halides is 4. The highest BCUT2D eigenvalue weighted by Gasteiger charge is 2.33. The molecule has 0 aliphatic carbocycles. The first-order valence-corrected chi connectivity index (χ1v) is 7.08. The quantitative estimate of drug-likeness (QED) is 0.344. The van der Waals surface area contributed by atoms with Gasteiger partial charge in [0.1, 0.15) is 17.3 Å². The topological polar surface area (TPSA) is 47.6 Å². The van der Waals surface area contributed by atoms with Crippen LogP contribution in [0, 0.1) is 17.5 Å². The van der Waals surface area contributed by atoms with Crippen LogP contribution in [0.2, 0.25) is 0 Å². The normalized spacial score (nSPS) is 12.4. The Morgan fingerprint density at radius 2 is 1.68 bits per heavy atom. The van der Waals surface area contributed by atoms with Crippen LogP contribution in [0.1, 0.15) is 5.56 Å². The minimum atomic E-state index is -4.93. The Balaban J connectivity index is 2.47. The van der Waals surface area contributed by atoms with Gasteiger partial charge < -0.3 is 10.5 Å². The molecule has 134 valence electrons. The molecule has 0 bridgehead atoms. The largest absolute Gasteiger partial charge is 0.449 e. The number of hydrogen-bond acceptors (Lipinski definition) is 2. The lowest BCUT2D eigenvalue weighted by Crippen LogP contribution is -2.12. The number of nitrogens with zero attached hydrogens (tertiary/aromatic N) is 1. The molecule has 25 heavy (non-hydrogen) atoms. The molecule has 0 spiro atoms. The number of rotatable bonds is 4. The molecule has 0 unspecified atom stereocenters. The molecule has 2 N–H and O–H groups in total. The summed E-state index contributed by atoms with van der Waals surface area (Å²) in [6.07, 6.45) is -4.93. The Labute approximate surface area is 142 Å². The van der Waals surface area contributed by atoms with Gasteiger partial charge in [-0.3, -0.25) is 0 Å². The summed E-state index contributed by atoms with van der Waals surface area (Å²) in [6.45, 7) is 0. The Kier molecular flexibility index (Phi) is 5.46. The van der Waals surface area contributed by atoms with Crippen molar-refractivity contribution in [3.8, 4) is 11.5 Å². The number of nitrogens with two attached hydrogens (primary N) is 1. The van der Waals surface area contributed by atoms with Gasteiger partial charge in [0.15, 0.2) is 23.1 Å². The number of halogens is 7. The van der Waals surface area contributed by atoms with Gasteiger partial charge >= 0.3 is 6.18 Å². The van der Waals surface area contributed by atoms with Crippen molar-refractivity contribution in [2.24, 2.45) is 10.7 Å². The Hall–Kier alpha value is -2.42. The molecule has 0 heterocycles. The predicted molar refractivity (Wildman–Crippen MR) is 79.8 cm³/mol. The third-order valence-corrected chi connectivity index (χ3v) is 3.13. The molecule has 0 amide bonds. The van der Waals surface area contributed by atoms with Gasteiger partial charge in [0.05, 0.1) is 11.4 Å². The lowest BCUT2D eigenvalue weighted by Gasteiger charge is -2.13. The van der Waals surface area contributed by atoms with E-state index in [4.69, 9.17) is 22.1 Å². The highest BCUT2D eigenvalue weighted by atomic mass is 35.5. The van der Waals surface area contributed by atoms with Crippen LogP contribution in [-0.2, 0) is 6.18 Å². The van der Waals surface area contributed by atoms with Gasteiger partial charge in [-0.15, -0.1) is 11.6 Å². The number of amidine groups is 1. The van der Waals surface area contributed by atoms with E-state index in [0.29, 0.717) is 0 Å². The van der Waals surface area contributed by atoms with Crippen LogP contribution in [0.3, 0.4) is 0 Å². The maximum absolute atomic E-state index is 13.8. The van der Waals surface area contributed by atoms with Crippen molar-refractivity contribution in [3.05, 3.63) is 53.3 Å². The van der Waals surface area contributed by atoms with E-state index in [1.807, 2.05) is 0 Å². The molecule has 0 aliphatic rings. The van der Waals surface area contributed by atoms with Crippen LogP contribution in [0.4, 0.5) is 32.0 Å². The molecule has 0 aromatic heterocycles. The molecule has 2 aromatic carbocycles. The third kappa shape index (κ3) is 4.56. The van der Waals surface area contributed by atoms with E-state index in [9.17, 15) is 26.3 Å². The molecule has 0 saturated heterocycles. The Morgan fingerprint density at radius 3 is 2.20 bits per heavy atom. The van der Waals surface area contributed by atoms with Gasteiger partial charge in [0.2, 0.25) is 0 Å². The number of ether oxygens (including phenoxy) is 1. The van der Waals surface area contributed by atoms with Gasteiger partial charge in [0, 0.05) is 6.07 Å². The molecule has 2 aromatic rings. The number of hydrogen-bond donors (Lipinski definition) is 1. The van der Waals surface area contributed by atoms with Crippen molar-refractivity contribution in [1.82, 2.24) is 0 Å². The second-order valence-corrected chi connectivity index (χ2v) is 4.98. The maximum atomic E-state index is 13.8. The average molecular weight is 383 g/mol. The predicted octanol–water partition coefficient (Wildman–Crippen LogP) is 5.14. The standard InChI is InChI=1S/C15H9ClF6N2O/c16-6-13(23)24-11-5-8(17)1-2-12(11)25-14-9(18)3-7(4-10(14)19)15(20,21)22/h1-5H,6H2,(H2,23,24). The lowest BCUT2D eigenvalue weighted by atomic mass is 10.2. The Bertz CT molecular complexity index is 799. The maximum Gasteiger partial charge on any atom is 0.416 e. The summed E-state index contributed by atoms with van der Waals surface area (Å²) in [5, 5.41) is 0. The van der Waals surface area contributed by atoms with Gasteiger partial charge in [-0.2, -0.15) is 13.2 Å². The van der Waals surface area contributed by atoms with Crippen molar-refractivity contribution in [1.29, 1.82) is 0 Å². The highest BCUT2D eigenvalue weighted by Crippen LogP contribution is 2.38. The fraction of sp³-hybridized carbons (Fsp3) is 0.133. The van der Waals surface area contributed by atoms with Crippen LogP contribution in [0.5, 0.6) is 11.5 Å². The average Bonchev–Trinajstić information content (AvgIpc) is 2.51. The molecule has 0 aliphatic heterocycles. The van der Waals surface area contributed by atoms with Crippen LogP contribution in [0.25, 0.3) is 0 Å².